The normalized spacial score (nSPS) is 56.1. The van der Waals surface area contributed by atoms with Gasteiger partial charge in [0.05, 0.1) is 42.6 Å². The number of fused-ring (bicyclic) bond motifs is 5. The highest BCUT2D eigenvalue weighted by Gasteiger charge is 3.00. The van der Waals surface area contributed by atoms with Crippen molar-refractivity contribution >= 4 is 17.7 Å². The summed E-state index contributed by atoms with van der Waals surface area (Å²) < 4.78 is 35.1. The minimum absolute atomic E-state index is 0.0194. The number of cyclic esters (lactones) is 2. The first-order valence-corrected chi connectivity index (χ1v) is 27.0. The number of aliphatic hydroxyl groups excluding tert-OH is 3. The minimum atomic E-state index is -1.49. The van der Waals surface area contributed by atoms with Crippen molar-refractivity contribution in [3.8, 4) is 0 Å². The fourth-order valence-electron chi connectivity index (χ4n) is 23.4. The second kappa shape index (κ2) is 12.7. The molecule has 8 aliphatic carbocycles. The first kappa shape index (κ1) is 42.2. The largest absolute Gasteiger partial charge is 0.469 e. The van der Waals surface area contributed by atoms with Gasteiger partial charge in [-0.05, 0) is 142 Å². The topological polar surface area (TPSA) is 181 Å². The van der Waals surface area contributed by atoms with Crippen molar-refractivity contribution in [1.29, 1.82) is 0 Å². The molecule has 22 atom stereocenters. The molecule has 4 N–H and O–H groups in total. The molecule has 5 saturated heterocycles. The highest BCUT2D eigenvalue weighted by molar-refractivity contribution is 5.95. The molecule has 0 aromatic carbocycles. The van der Waals surface area contributed by atoms with E-state index in [-0.39, 0.29) is 54.1 Å². The Morgan fingerprint density at radius 1 is 1.03 bits per heavy atom. The number of hydrogen-bond donors (Lipinski definition) is 4. The molecule has 13 nitrogen and oxygen atoms in total. The van der Waals surface area contributed by atoms with Gasteiger partial charge in [0.2, 0.25) is 0 Å². The van der Waals surface area contributed by atoms with Crippen LogP contribution in [0, 0.1) is 85.8 Å². The van der Waals surface area contributed by atoms with E-state index in [1.54, 1.807) is 6.26 Å². The molecule has 12 fully saturated rings. The van der Waals surface area contributed by atoms with Crippen LogP contribution >= 0.6 is 0 Å². The summed E-state index contributed by atoms with van der Waals surface area (Å²) in [4.78, 5) is 49.0. The summed E-state index contributed by atoms with van der Waals surface area (Å²) in [6.07, 6.45) is 20.1. The van der Waals surface area contributed by atoms with Crippen LogP contribution in [-0.2, 0) is 39.8 Å². The molecule has 69 heavy (non-hydrogen) atoms. The fourth-order valence-corrected chi connectivity index (χ4v) is 23.4. The van der Waals surface area contributed by atoms with Gasteiger partial charge < -0.3 is 43.6 Å². The molecular weight excluding hydrogens is 877 g/mol. The van der Waals surface area contributed by atoms with Crippen molar-refractivity contribution in [2.75, 3.05) is 26.4 Å². The van der Waals surface area contributed by atoms with Crippen LogP contribution < -0.4 is 5.32 Å². The number of rotatable bonds is 6. The van der Waals surface area contributed by atoms with Crippen molar-refractivity contribution in [2.45, 2.75) is 152 Å². The average molecular weight is 945 g/mol. The molecule has 8 heterocycles. The number of aliphatic hydroxyl groups is 3. The standard InChI is InChI=1S/C56H68N2O11/c1-48-22-30-23-54-33-19-31(51(54)12-4-5-13-51)9-15-53(54)47(64)66-26-52-41(30)50(3,43(62)40(61)42(52)49(2)14-8-32(20-33)55(52,53)69-49)56(48)45(68-56)46(63)67-44(48)35-11-17-65-39(35)21-36(38(60)25-59)28-6-7-34-29(18-28)10-16-58-27-57-24-37(34)58/h8-11,15-17,28-31,33-34,36-38,41-45,57,59-60,62H,4-7,12-14,18-27H2,1-3H3/t28-,29-,30+,31+,33-,34+,36+,37-,38-,41+,42-,43-,44+,45-,48+,49+,50+,52-,53+,54+,55-,56-/m1/s1. The molecule has 7 saturated carbocycles. The lowest BCUT2D eigenvalue weighted by Crippen LogP contribution is -2.82. The first-order chi connectivity index (χ1) is 33.2. The van der Waals surface area contributed by atoms with E-state index in [1.807, 2.05) is 6.07 Å². The van der Waals surface area contributed by atoms with Crippen LogP contribution in [0.3, 0.4) is 0 Å². The van der Waals surface area contributed by atoms with Gasteiger partial charge in [0.25, 0.3) is 0 Å². The Morgan fingerprint density at radius 3 is 2.70 bits per heavy atom. The number of nitrogens with one attached hydrogen (secondary N) is 1. The number of carbonyl (C=O) groups is 3. The number of esters is 2. The predicted molar refractivity (Wildman–Crippen MR) is 244 cm³/mol. The van der Waals surface area contributed by atoms with Crippen LogP contribution in [0.4, 0.5) is 0 Å². The number of ketones is 1. The Morgan fingerprint density at radius 2 is 1.87 bits per heavy atom. The quantitative estimate of drug-likeness (QED) is 0.160. The van der Waals surface area contributed by atoms with E-state index in [9.17, 15) is 20.1 Å². The van der Waals surface area contributed by atoms with Crippen LogP contribution in [0.2, 0.25) is 0 Å². The molecule has 6 bridgehead atoms. The molecule has 0 radical (unpaired) electrons. The van der Waals surface area contributed by atoms with Crippen molar-refractivity contribution in [1.82, 2.24) is 10.2 Å². The Labute approximate surface area is 403 Å². The highest BCUT2D eigenvalue weighted by Crippen LogP contribution is 2.94. The average Bonchev–Trinajstić information content (AvgIpc) is 3.79. The van der Waals surface area contributed by atoms with Gasteiger partial charge in [-0.1, -0.05) is 51.0 Å². The molecule has 15 aliphatic rings. The van der Waals surface area contributed by atoms with Crippen LogP contribution in [0.25, 0.3) is 0 Å². The summed E-state index contributed by atoms with van der Waals surface area (Å²) in [6.45, 7) is 7.79. The lowest BCUT2D eigenvalue weighted by Gasteiger charge is -2.73. The first-order valence-electron chi connectivity index (χ1n) is 27.0. The van der Waals surface area contributed by atoms with Gasteiger partial charge in [0.15, 0.2) is 11.9 Å². The molecule has 7 aliphatic heterocycles. The predicted octanol–water partition coefficient (Wildman–Crippen LogP) is 5.47. The molecular formula is C56H68N2O11. The Balaban J connectivity index is 0.864. The Kier molecular flexibility index (Phi) is 7.77. The maximum absolute atomic E-state index is 16.0. The SMILES string of the molecule is C[C@]12[C@H](O)C(=O)[C@H]3[C@]45COC(=O)[C@]67C=C[C@H]8C[C@H](CC9=CC[C@]3(C)O[C@]946)[C@@]7(C[C@H](C[C@@]3(C)[C@H](c4ccoc4C[C@@H]([C@@H]4CC[C@H]6[C@H](C=CN7CNC[C@H]67)C4)[C@H](O)CO)OC(=O)[C@H]4O[C@@]413)[C@@H]25)C81CCCC1. The summed E-state index contributed by atoms with van der Waals surface area (Å²) in [5.41, 5.74) is -6.75. The van der Waals surface area contributed by atoms with Crippen molar-refractivity contribution in [3.63, 3.8) is 0 Å². The van der Waals surface area contributed by atoms with Gasteiger partial charge in [-0.15, -0.1) is 0 Å². The third kappa shape index (κ3) is 4.04. The summed E-state index contributed by atoms with van der Waals surface area (Å²) in [7, 11) is 0. The highest BCUT2D eigenvalue weighted by atomic mass is 16.7. The summed E-state index contributed by atoms with van der Waals surface area (Å²) in [5, 5.41) is 39.3. The maximum Gasteiger partial charge on any atom is 0.339 e. The smallest absolute Gasteiger partial charge is 0.339 e. The van der Waals surface area contributed by atoms with Crippen LogP contribution in [0.5, 0.6) is 0 Å². The molecule has 1 aromatic heterocycles. The van der Waals surface area contributed by atoms with Gasteiger partial charge in [0, 0.05) is 40.8 Å². The summed E-state index contributed by atoms with van der Waals surface area (Å²) >= 11 is 0. The van der Waals surface area contributed by atoms with E-state index in [0.717, 1.165) is 83.0 Å². The van der Waals surface area contributed by atoms with Crippen molar-refractivity contribution < 1.29 is 53.1 Å². The number of ether oxygens (including phenoxy) is 4. The second-order valence-corrected chi connectivity index (χ2v) is 26.4. The third-order valence-corrected chi connectivity index (χ3v) is 25.0. The number of allylic oxidation sites excluding steroid dienone is 2. The van der Waals surface area contributed by atoms with E-state index < -0.39 is 86.1 Å². The number of epoxide rings is 1. The number of nitrogens with zero attached hydrogens (tertiary/aromatic N) is 1. The lowest BCUT2D eigenvalue weighted by atomic mass is 9.31. The van der Waals surface area contributed by atoms with Crippen molar-refractivity contribution in [2.24, 2.45) is 85.8 Å². The second-order valence-electron chi connectivity index (χ2n) is 26.4. The van der Waals surface area contributed by atoms with Gasteiger partial charge in [-0.25, -0.2) is 4.79 Å². The number of Topliss-reactive ketones (excluding diaryl/α,β-unsaturated/α-hetero) is 1. The molecule has 0 amide bonds. The zero-order valence-corrected chi connectivity index (χ0v) is 40.2. The summed E-state index contributed by atoms with van der Waals surface area (Å²) in [5.74, 6) is -0.434. The molecule has 1 aromatic rings. The molecule has 368 valence electrons. The van der Waals surface area contributed by atoms with Crippen LogP contribution in [0.15, 0.2) is 52.8 Å². The number of furan rings is 1. The minimum Gasteiger partial charge on any atom is -0.469 e. The van der Waals surface area contributed by atoms with E-state index in [0.29, 0.717) is 54.4 Å². The van der Waals surface area contributed by atoms with E-state index in [1.165, 1.54) is 0 Å². The monoisotopic (exact) mass is 944 g/mol. The van der Waals surface area contributed by atoms with Gasteiger partial charge in [-0.2, -0.15) is 0 Å². The molecule has 13 heteroatoms. The molecule has 0 unspecified atom stereocenters. The third-order valence-electron chi connectivity index (χ3n) is 25.0. The van der Waals surface area contributed by atoms with E-state index in [4.69, 9.17) is 23.4 Å². The fraction of sp³-hybridized carbons (Fsp3) is 0.768. The zero-order chi connectivity index (χ0) is 46.8. The lowest BCUT2D eigenvalue weighted by molar-refractivity contribution is -0.297. The molecule has 6 spiro atoms. The van der Waals surface area contributed by atoms with Gasteiger partial charge in [-0.3, -0.25) is 14.9 Å². The summed E-state index contributed by atoms with van der Waals surface area (Å²) in [6, 6.07) is 2.39. The Hall–Kier alpha value is -3.33. The van der Waals surface area contributed by atoms with E-state index in [2.05, 4.69) is 61.5 Å². The number of hydrogen-bond acceptors (Lipinski definition) is 13. The maximum atomic E-state index is 16.0. The van der Waals surface area contributed by atoms with Crippen molar-refractivity contribution in [3.05, 3.63) is 59.7 Å². The van der Waals surface area contributed by atoms with Gasteiger partial charge >= 0.3 is 11.9 Å². The number of carbonyl (C=O) groups excluding carboxylic acids is 3. The van der Waals surface area contributed by atoms with E-state index >= 15 is 9.59 Å². The van der Waals surface area contributed by atoms with Gasteiger partial charge in [0.1, 0.15) is 41.2 Å². The Bertz CT molecular complexity index is 2640. The zero-order valence-electron chi connectivity index (χ0n) is 40.2. The van der Waals surface area contributed by atoms with Crippen LogP contribution in [-0.4, -0.2) is 106 Å². The molecule has 16 rings (SSSR count). The van der Waals surface area contributed by atoms with Crippen LogP contribution in [0.1, 0.15) is 115 Å².